The van der Waals surface area contributed by atoms with Gasteiger partial charge in [-0.25, -0.2) is 4.68 Å². The number of benzene rings is 1. The van der Waals surface area contributed by atoms with Crippen molar-refractivity contribution in [1.29, 1.82) is 0 Å². The highest BCUT2D eigenvalue weighted by Gasteiger charge is 2.27. The molecule has 144 valence electrons. The van der Waals surface area contributed by atoms with Gasteiger partial charge in [-0.15, -0.1) is 0 Å². The van der Waals surface area contributed by atoms with Gasteiger partial charge in [0.25, 0.3) is 0 Å². The number of aromatic amines is 1. The van der Waals surface area contributed by atoms with E-state index in [4.69, 9.17) is 0 Å². The van der Waals surface area contributed by atoms with E-state index in [1.54, 1.807) is 0 Å². The van der Waals surface area contributed by atoms with Crippen LogP contribution in [-0.2, 0) is 22.7 Å². The summed E-state index contributed by atoms with van der Waals surface area (Å²) in [5.41, 5.74) is 2.65. The fourth-order valence-electron chi connectivity index (χ4n) is 2.75. The molecule has 9 heteroatoms. The van der Waals surface area contributed by atoms with Crippen molar-refractivity contribution in [3.05, 3.63) is 48.4 Å². The summed E-state index contributed by atoms with van der Waals surface area (Å²) in [4.78, 5) is 15.2. The van der Waals surface area contributed by atoms with Crippen LogP contribution in [0, 0.1) is 0 Å². The third-order valence-corrected chi connectivity index (χ3v) is 3.93. The van der Waals surface area contributed by atoms with Gasteiger partial charge in [-0.3, -0.25) is 4.79 Å². The topological polar surface area (TPSA) is 71.9 Å². The first-order valence-corrected chi connectivity index (χ1v) is 8.42. The van der Waals surface area contributed by atoms with E-state index in [1.165, 1.54) is 17.1 Å². The molecule has 0 aliphatic heterocycles. The summed E-state index contributed by atoms with van der Waals surface area (Å²) in [5.74, 6) is -0.175. The number of ether oxygens (including phenoxy) is 1. The number of carbonyl (C=O) groups is 1. The molecule has 0 spiro atoms. The minimum Gasteiger partial charge on any atom is -0.361 e. The van der Waals surface area contributed by atoms with E-state index in [9.17, 15) is 18.0 Å². The molecule has 0 atom stereocenters. The van der Waals surface area contributed by atoms with E-state index in [0.29, 0.717) is 18.5 Å². The maximum atomic E-state index is 12.0. The first-order chi connectivity index (χ1) is 12.9. The molecular formula is C18H19F3N4O2. The highest BCUT2D eigenvalue weighted by molar-refractivity contribution is 5.90. The highest BCUT2D eigenvalue weighted by Crippen LogP contribution is 2.19. The number of hydrogen-bond acceptors (Lipinski definition) is 3. The Morgan fingerprint density at radius 3 is 2.93 bits per heavy atom. The summed E-state index contributed by atoms with van der Waals surface area (Å²) in [6.07, 6.45) is 2.14. The molecule has 6 nitrogen and oxygen atoms in total. The molecule has 2 heterocycles. The third kappa shape index (κ3) is 5.58. The van der Waals surface area contributed by atoms with Gasteiger partial charge in [0, 0.05) is 23.5 Å². The van der Waals surface area contributed by atoms with E-state index < -0.39 is 12.8 Å². The molecular weight excluding hydrogens is 361 g/mol. The maximum Gasteiger partial charge on any atom is 0.411 e. The van der Waals surface area contributed by atoms with Gasteiger partial charge < -0.3 is 15.0 Å². The van der Waals surface area contributed by atoms with Crippen LogP contribution in [0.2, 0.25) is 0 Å². The Labute approximate surface area is 153 Å². The molecule has 0 radical (unpaired) electrons. The number of fused-ring (bicyclic) bond motifs is 1. The number of H-pyrrole nitrogens is 1. The number of hydrogen-bond donors (Lipinski definition) is 2. The van der Waals surface area contributed by atoms with E-state index in [0.717, 1.165) is 22.9 Å². The highest BCUT2D eigenvalue weighted by atomic mass is 19.4. The van der Waals surface area contributed by atoms with Crippen LogP contribution in [0.4, 0.5) is 18.9 Å². The maximum absolute atomic E-state index is 12.0. The first kappa shape index (κ1) is 19.0. The normalized spacial score (nSPS) is 11.8. The molecule has 3 aromatic rings. The number of rotatable bonds is 8. The molecule has 0 bridgehead atoms. The molecule has 0 aliphatic rings. The fraction of sp³-hybridized carbons (Fsp3) is 0.333. The summed E-state index contributed by atoms with van der Waals surface area (Å²) in [7, 11) is 0. The number of nitrogens with one attached hydrogen (secondary N) is 2. The second-order valence-electron chi connectivity index (χ2n) is 6.12. The second-order valence-corrected chi connectivity index (χ2v) is 6.12. The molecule has 1 aromatic carbocycles. The Bertz CT molecular complexity index is 901. The summed E-state index contributed by atoms with van der Waals surface area (Å²) < 4.78 is 41.8. The minimum absolute atomic E-state index is 0.175. The van der Waals surface area contributed by atoms with Crippen LogP contribution in [0.5, 0.6) is 0 Å². The zero-order valence-electron chi connectivity index (χ0n) is 14.4. The molecule has 0 saturated carbocycles. The van der Waals surface area contributed by atoms with Gasteiger partial charge >= 0.3 is 6.18 Å². The first-order valence-electron chi connectivity index (χ1n) is 8.42. The number of aryl methyl sites for hydroxylation is 1. The largest absolute Gasteiger partial charge is 0.411 e. The summed E-state index contributed by atoms with van der Waals surface area (Å²) >= 11 is 0. The molecule has 0 unspecified atom stereocenters. The average molecular weight is 380 g/mol. The lowest BCUT2D eigenvalue weighted by Crippen LogP contribution is -2.18. The van der Waals surface area contributed by atoms with Crippen LogP contribution >= 0.6 is 0 Å². The Morgan fingerprint density at radius 1 is 1.30 bits per heavy atom. The van der Waals surface area contributed by atoms with Crippen molar-refractivity contribution in [2.24, 2.45) is 0 Å². The van der Waals surface area contributed by atoms with Crippen LogP contribution in [-0.4, -0.2) is 33.5 Å². The molecule has 0 saturated heterocycles. The Balaban J connectivity index is 1.42. The quantitative estimate of drug-likeness (QED) is 0.623. The van der Waals surface area contributed by atoms with Crippen LogP contribution in [0.1, 0.15) is 18.4 Å². The predicted molar refractivity (Wildman–Crippen MR) is 94.1 cm³/mol. The van der Waals surface area contributed by atoms with Gasteiger partial charge in [0.15, 0.2) is 0 Å². The Morgan fingerprint density at radius 2 is 2.11 bits per heavy atom. The Kier molecular flexibility index (Phi) is 5.80. The van der Waals surface area contributed by atoms with Crippen molar-refractivity contribution in [2.75, 3.05) is 11.9 Å². The van der Waals surface area contributed by atoms with Gasteiger partial charge in [0.1, 0.15) is 13.3 Å². The van der Waals surface area contributed by atoms with Gasteiger partial charge in [0.2, 0.25) is 5.91 Å². The van der Waals surface area contributed by atoms with E-state index in [-0.39, 0.29) is 12.6 Å². The number of amides is 1. The Hall–Kier alpha value is -2.81. The fourth-order valence-corrected chi connectivity index (χ4v) is 2.75. The molecule has 1 amide bonds. The second kappa shape index (κ2) is 8.26. The van der Waals surface area contributed by atoms with Gasteiger partial charge in [-0.2, -0.15) is 18.3 Å². The number of para-hydroxylation sites is 1. The number of alkyl halides is 3. The van der Waals surface area contributed by atoms with Crippen LogP contribution in [0.25, 0.3) is 10.9 Å². The molecule has 0 fully saturated rings. The summed E-state index contributed by atoms with van der Waals surface area (Å²) in [6.45, 7) is -1.68. The van der Waals surface area contributed by atoms with E-state index in [1.807, 2.05) is 30.5 Å². The smallest absolute Gasteiger partial charge is 0.361 e. The lowest BCUT2D eigenvalue weighted by Gasteiger charge is -2.07. The van der Waals surface area contributed by atoms with Crippen LogP contribution < -0.4 is 5.32 Å². The third-order valence-electron chi connectivity index (χ3n) is 3.93. The molecule has 3 rings (SSSR count). The van der Waals surface area contributed by atoms with Crippen LogP contribution in [0.15, 0.2) is 42.9 Å². The zero-order valence-corrected chi connectivity index (χ0v) is 14.4. The van der Waals surface area contributed by atoms with Gasteiger partial charge in [0.05, 0.1) is 18.1 Å². The van der Waals surface area contributed by atoms with Gasteiger partial charge in [-0.05, 0) is 24.5 Å². The number of aromatic nitrogens is 3. The van der Waals surface area contributed by atoms with Crippen molar-refractivity contribution < 1.29 is 22.7 Å². The molecule has 2 N–H and O–H groups in total. The lowest BCUT2D eigenvalue weighted by atomic mass is 10.1. The van der Waals surface area contributed by atoms with E-state index in [2.05, 4.69) is 20.1 Å². The molecule has 2 aromatic heterocycles. The van der Waals surface area contributed by atoms with Crippen molar-refractivity contribution >= 4 is 22.5 Å². The minimum atomic E-state index is -4.38. The monoisotopic (exact) mass is 380 g/mol. The summed E-state index contributed by atoms with van der Waals surface area (Å²) in [5, 5.41) is 7.68. The molecule has 27 heavy (non-hydrogen) atoms. The standard InChI is InChI=1S/C18H19F3N4O2/c19-18(20,21)11-27-12-25-10-14(9-23-25)24-17(26)7-3-4-13-8-22-16-6-2-1-5-15(13)16/h1-2,5-6,8-10,22H,3-4,7,11-12H2,(H,24,26). The lowest BCUT2D eigenvalue weighted by molar-refractivity contribution is -0.182. The van der Waals surface area contributed by atoms with Crippen molar-refractivity contribution in [2.45, 2.75) is 32.2 Å². The van der Waals surface area contributed by atoms with Crippen molar-refractivity contribution in [1.82, 2.24) is 14.8 Å². The predicted octanol–water partition coefficient (Wildman–Crippen LogP) is 3.86. The van der Waals surface area contributed by atoms with Crippen molar-refractivity contribution in [3.8, 4) is 0 Å². The zero-order chi connectivity index (χ0) is 19.3. The van der Waals surface area contributed by atoms with E-state index >= 15 is 0 Å². The number of nitrogens with zero attached hydrogens (tertiary/aromatic N) is 2. The SMILES string of the molecule is O=C(CCCc1c[nH]c2ccccc12)Nc1cnn(COCC(F)(F)F)c1. The number of halogens is 3. The number of carbonyl (C=O) groups excluding carboxylic acids is 1. The molecule has 0 aliphatic carbocycles. The van der Waals surface area contributed by atoms with Crippen LogP contribution in [0.3, 0.4) is 0 Å². The van der Waals surface area contributed by atoms with Crippen molar-refractivity contribution in [3.63, 3.8) is 0 Å². The van der Waals surface area contributed by atoms with Gasteiger partial charge in [-0.1, -0.05) is 18.2 Å². The average Bonchev–Trinajstić information content (AvgIpc) is 3.21. The summed E-state index contributed by atoms with van der Waals surface area (Å²) in [6, 6.07) is 7.98. The number of anilines is 1.